The Balaban J connectivity index is 1.53. The highest BCUT2D eigenvalue weighted by Gasteiger charge is 2.45. The molecule has 2 aliphatic rings. The SMILES string of the molecule is CC(C)(C)OC(=O)c1ccc(N2COc3cc(C(=O)N4CCCC4(F)F)[nH]c32)cc1. The van der Waals surface area contributed by atoms with Crippen LogP contribution in [0.2, 0.25) is 0 Å². The van der Waals surface area contributed by atoms with Crippen molar-refractivity contribution in [3.63, 3.8) is 0 Å². The largest absolute Gasteiger partial charge is 0.469 e. The Bertz CT molecular complexity index is 979. The molecular weight excluding hydrogens is 396 g/mol. The zero-order chi connectivity index (χ0) is 21.7. The van der Waals surface area contributed by atoms with E-state index in [0.29, 0.717) is 27.7 Å². The Morgan fingerprint density at radius 3 is 2.50 bits per heavy atom. The summed E-state index contributed by atoms with van der Waals surface area (Å²) in [7, 11) is 0. The summed E-state index contributed by atoms with van der Waals surface area (Å²) in [4.78, 5) is 30.0. The molecule has 1 saturated heterocycles. The molecule has 0 unspecified atom stereocenters. The second-order valence-electron chi connectivity index (χ2n) is 8.37. The van der Waals surface area contributed by atoms with E-state index in [-0.39, 0.29) is 31.8 Å². The molecule has 160 valence electrons. The second-order valence-corrected chi connectivity index (χ2v) is 8.37. The fourth-order valence-corrected chi connectivity index (χ4v) is 3.51. The number of aromatic amines is 1. The lowest BCUT2D eigenvalue weighted by Crippen LogP contribution is -2.40. The number of nitrogens with zero attached hydrogens (tertiary/aromatic N) is 2. The topological polar surface area (TPSA) is 74.9 Å². The van der Waals surface area contributed by atoms with Crippen molar-refractivity contribution in [2.75, 3.05) is 18.2 Å². The summed E-state index contributed by atoms with van der Waals surface area (Å²) in [5, 5.41) is 0. The minimum Gasteiger partial charge on any atom is -0.469 e. The molecule has 0 saturated carbocycles. The zero-order valence-corrected chi connectivity index (χ0v) is 17.0. The molecule has 0 bridgehead atoms. The van der Waals surface area contributed by atoms with Gasteiger partial charge >= 0.3 is 12.0 Å². The van der Waals surface area contributed by atoms with Gasteiger partial charge in [0.2, 0.25) is 0 Å². The predicted molar refractivity (Wildman–Crippen MR) is 105 cm³/mol. The summed E-state index contributed by atoms with van der Waals surface area (Å²) >= 11 is 0. The summed E-state index contributed by atoms with van der Waals surface area (Å²) in [5.41, 5.74) is 0.588. The van der Waals surface area contributed by atoms with Crippen molar-refractivity contribution in [3.05, 3.63) is 41.6 Å². The lowest BCUT2D eigenvalue weighted by molar-refractivity contribution is -0.0975. The van der Waals surface area contributed by atoms with Gasteiger partial charge in [0.05, 0.1) is 5.56 Å². The highest BCUT2D eigenvalue weighted by molar-refractivity contribution is 5.95. The lowest BCUT2D eigenvalue weighted by atomic mass is 10.1. The molecule has 1 aromatic heterocycles. The quantitative estimate of drug-likeness (QED) is 0.594. The molecule has 1 N–H and O–H groups in total. The number of hydrogen-bond acceptors (Lipinski definition) is 5. The molecule has 1 aromatic carbocycles. The average molecular weight is 419 g/mol. The Labute approximate surface area is 172 Å². The van der Waals surface area contributed by atoms with Gasteiger partial charge in [-0.3, -0.25) is 14.6 Å². The molecule has 0 radical (unpaired) electrons. The van der Waals surface area contributed by atoms with Crippen molar-refractivity contribution in [1.82, 2.24) is 9.88 Å². The first-order valence-corrected chi connectivity index (χ1v) is 9.72. The third-order valence-corrected chi connectivity index (χ3v) is 4.92. The zero-order valence-electron chi connectivity index (χ0n) is 17.0. The summed E-state index contributed by atoms with van der Waals surface area (Å²) in [6.07, 6.45) is -0.0580. The number of ether oxygens (including phenoxy) is 2. The number of hydrogen-bond donors (Lipinski definition) is 1. The minimum absolute atomic E-state index is 0.0201. The number of carbonyl (C=O) groups is 2. The van der Waals surface area contributed by atoms with Crippen LogP contribution in [0.3, 0.4) is 0 Å². The summed E-state index contributed by atoms with van der Waals surface area (Å²) < 4.78 is 38.8. The van der Waals surface area contributed by atoms with Crippen LogP contribution in [0.1, 0.15) is 54.5 Å². The number of amides is 1. The van der Waals surface area contributed by atoms with Gasteiger partial charge in [-0.05, 0) is 51.5 Å². The van der Waals surface area contributed by atoms with Crippen LogP contribution in [0.15, 0.2) is 30.3 Å². The van der Waals surface area contributed by atoms with E-state index < -0.39 is 23.5 Å². The first kappa shape index (κ1) is 20.2. The highest BCUT2D eigenvalue weighted by Crippen LogP contribution is 2.40. The van der Waals surface area contributed by atoms with Crippen LogP contribution in [0.4, 0.5) is 20.3 Å². The van der Waals surface area contributed by atoms with Crippen LogP contribution in [0.5, 0.6) is 5.75 Å². The van der Waals surface area contributed by atoms with E-state index in [2.05, 4.69) is 4.98 Å². The monoisotopic (exact) mass is 419 g/mol. The fourth-order valence-electron chi connectivity index (χ4n) is 3.51. The maximum atomic E-state index is 13.9. The van der Waals surface area contributed by atoms with Crippen molar-refractivity contribution in [2.45, 2.75) is 45.3 Å². The number of rotatable bonds is 3. The van der Waals surface area contributed by atoms with Crippen molar-refractivity contribution < 1.29 is 27.8 Å². The predicted octanol–water partition coefficient (Wildman–Crippen LogP) is 4.29. The maximum absolute atomic E-state index is 13.9. The van der Waals surface area contributed by atoms with E-state index in [9.17, 15) is 18.4 Å². The Kier molecular flexibility index (Phi) is 4.71. The minimum atomic E-state index is -3.13. The number of fused-ring (bicyclic) bond motifs is 1. The number of anilines is 2. The standard InChI is InChI=1S/C21H23F2N3O4/c1-20(2,3)30-19(28)13-5-7-14(8-6-13)25-12-29-16-11-15(24-17(16)25)18(27)26-10-4-9-21(26,22)23/h5-8,11,24H,4,9-10,12H2,1-3H3. The Morgan fingerprint density at radius 1 is 1.20 bits per heavy atom. The molecule has 30 heavy (non-hydrogen) atoms. The van der Waals surface area contributed by atoms with Gasteiger partial charge in [0, 0.05) is 24.7 Å². The van der Waals surface area contributed by atoms with Crippen LogP contribution in [0.25, 0.3) is 0 Å². The molecule has 2 aliphatic heterocycles. The van der Waals surface area contributed by atoms with Crippen molar-refractivity contribution in [2.24, 2.45) is 0 Å². The summed E-state index contributed by atoms with van der Waals surface area (Å²) in [5.74, 6) is -0.259. The summed E-state index contributed by atoms with van der Waals surface area (Å²) in [6, 6.07) is 5.05. The van der Waals surface area contributed by atoms with E-state index in [1.165, 1.54) is 6.07 Å². The number of carbonyl (C=O) groups excluding carboxylic acids is 2. The highest BCUT2D eigenvalue weighted by atomic mass is 19.3. The molecule has 0 atom stereocenters. The van der Waals surface area contributed by atoms with Gasteiger partial charge in [-0.15, -0.1) is 0 Å². The fraction of sp³-hybridized carbons (Fsp3) is 0.429. The Morgan fingerprint density at radius 2 is 1.90 bits per heavy atom. The number of nitrogens with one attached hydrogen (secondary N) is 1. The molecule has 0 spiro atoms. The molecule has 7 nitrogen and oxygen atoms in total. The van der Waals surface area contributed by atoms with Crippen LogP contribution < -0.4 is 9.64 Å². The molecule has 1 amide bonds. The maximum Gasteiger partial charge on any atom is 0.338 e. The lowest BCUT2D eigenvalue weighted by Gasteiger charge is -2.23. The van der Waals surface area contributed by atoms with E-state index in [0.717, 1.165) is 0 Å². The molecule has 2 aromatic rings. The van der Waals surface area contributed by atoms with Crippen molar-refractivity contribution >= 4 is 23.4 Å². The Hall–Kier alpha value is -3.10. The first-order chi connectivity index (χ1) is 14.0. The van der Waals surface area contributed by atoms with Gasteiger partial charge in [-0.2, -0.15) is 8.78 Å². The molecule has 3 heterocycles. The molecule has 9 heteroatoms. The number of benzene rings is 1. The van der Waals surface area contributed by atoms with Gasteiger partial charge in [0.1, 0.15) is 11.3 Å². The van der Waals surface area contributed by atoms with E-state index >= 15 is 0 Å². The number of aromatic nitrogens is 1. The van der Waals surface area contributed by atoms with Crippen molar-refractivity contribution in [1.29, 1.82) is 0 Å². The number of esters is 1. The van der Waals surface area contributed by atoms with E-state index in [1.807, 2.05) is 0 Å². The van der Waals surface area contributed by atoms with Crippen LogP contribution in [-0.4, -0.2) is 46.7 Å². The van der Waals surface area contributed by atoms with Gasteiger partial charge in [0.25, 0.3) is 5.91 Å². The first-order valence-electron chi connectivity index (χ1n) is 9.72. The van der Waals surface area contributed by atoms with E-state index in [4.69, 9.17) is 9.47 Å². The number of likely N-dealkylation sites (tertiary alicyclic amines) is 1. The summed E-state index contributed by atoms with van der Waals surface area (Å²) in [6.45, 7) is 5.60. The smallest absolute Gasteiger partial charge is 0.338 e. The number of halogens is 2. The van der Waals surface area contributed by atoms with Gasteiger partial charge in [-0.1, -0.05) is 0 Å². The molecule has 0 aliphatic carbocycles. The van der Waals surface area contributed by atoms with Gasteiger partial charge in [-0.25, -0.2) is 4.79 Å². The molecular formula is C21H23F2N3O4. The van der Waals surface area contributed by atoms with Crippen LogP contribution in [-0.2, 0) is 4.74 Å². The molecule has 1 fully saturated rings. The van der Waals surface area contributed by atoms with Crippen molar-refractivity contribution in [3.8, 4) is 5.75 Å². The third-order valence-electron chi connectivity index (χ3n) is 4.92. The van der Waals surface area contributed by atoms with Crippen LogP contribution >= 0.6 is 0 Å². The second kappa shape index (κ2) is 7.00. The number of H-pyrrole nitrogens is 1. The van der Waals surface area contributed by atoms with Gasteiger partial charge in [0.15, 0.2) is 18.3 Å². The third kappa shape index (κ3) is 3.71. The number of alkyl halides is 2. The van der Waals surface area contributed by atoms with E-state index in [1.54, 1.807) is 49.9 Å². The molecule has 4 rings (SSSR count). The average Bonchev–Trinajstić information content (AvgIpc) is 3.33. The normalized spacial score (nSPS) is 17.6. The van der Waals surface area contributed by atoms with Crippen LogP contribution in [0, 0.1) is 0 Å². The van der Waals surface area contributed by atoms with Gasteiger partial charge < -0.3 is 14.5 Å².